The standard InChI is InChI=1S/C21H20ClN3O5/c1-12-10-14(22)6-8-17(12)30-9-3-4-18(26)23-24-19(27)13-5-7-15-16(11-13)21(29)25(2)20(15)28/h5-8,10-11,28-29H,3-4,9H2,1-2H3. The van der Waals surface area contributed by atoms with Crippen LogP contribution in [-0.2, 0) is 11.8 Å². The van der Waals surface area contributed by atoms with Gasteiger partial charge in [-0.05, 0) is 55.3 Å². The number of azo groups is 1. The largest absolute Gasteiger partial charge is 0.494 e. The minimum atomic E-state index is -0.721. The normalized spacial score (nSPS) is 11.3. The fourth-order valence-corrected chi connectivity index (χ4v) is 3.13. The van der Waals surface area contributed by atoms with Crippen molar-refractivity contribution in [1.82, 2.24) is 4.57 Å². The van der Waals surface area contributed by atoms with Crippen LogP contribution in [0.3, 0.4) is 0 Å². The van der Waals surface area contributed by atoms with Crippen molar-refractivity contribution in [3.63, 3.8) is 0 Å². The molecule has 0 saturated carbocycles. The van der Waals surface area contributed by atoms with Crippen molar-refractivity contribution >= 4 is 34.2 Å². The summed E-state index contributed by atoms with van der Waals surface area (Å²) in [5.74, 6) is -0.869. The Morgan fingerprint density at radius 1 is 1.07 bits per heavy atom. The van der Waals surface area contributed by atoms with E-state index in [4.69, 9.17) is 16.3 Å². The molecule has 8 nitrogen and oxygen atoms in total. The monoisotopic (exact) mass is 429 g/mol. The summed E-state index contributed by atoms with van der Waals surface area (Å²) in [5, 5.41) is 28.1. The van der Waals surface area contributed by atoms with Gasteiger partial charge in [-0.1, -0.05) is 11.6 Å². The first kappa shape index (κ1) is 21.3. The van der Waals surface area contributed by atoms with E-state index >= 15 is 0 Å². The number of fused-ring (bicyclic) bond motifs is 1. The number of nitrogens with zero attached hydrogens (tertiary/aromatic N) is 3. The molecule has 30 heavy (non-hydrogen) atoms. The van der Waals surface area contributed by atoms with Gasteiger partial charge in [0.15, 0.2) is 0 Å². The molecule has 0 radical (unpaired) electrons. The van der Waals surface area contributed by atoms with Crippen LogP contribution in [0.1, 0.15) is 28.8 Å². The molecule has 0 spiro atoms. The van der Waals surface area contributed by atoms with Gasteiger partial charge in [0.05, 0.1) is 6.61 Å². The molecule has 2 amide bonds. The van der Waals surface area contributed by atoms with E-state index in [0.29, 0.717) is 34.6 Å². The van der Waals surface area contributed by atoms with E-state index in [9.17, 15) is 19.8 Å². The topological polar surface area (TPSA) is 113 Å². The van der Waals surface area contributed by atoms with Gasteiger partial charge in [-0.25, -0.2) is 0 Å². The molecule has 1 aromatic heterocycles. The summed E-state index contributed by atoms with van der Waals surface area (Å²) in [6.07, 6.45) is 0.493. The number of benzene rings is 2. The third-order valence-corrected chi connectivity index (χ3v) is 4.80. The van der Waals surface area contributed by atoms with Crippen LogP contribution >= 0.6 is 11.6 Å². The van der Waals surface area contributed by atoms with Crippen LogP contribution in [0.15, 0.2) is 46.6 Å². The summed E-state index contributed by atoms with van der Waals surface area (Å²) in [4.78, 5) is 24.0. The Kier molecular flexibility index (Phi) is 6.37. The number of aryl methyl sites for hydroxylation is 1. The minimum Gasteiger partial charge on any atom is -0.494 e. The van der Waals surface area contributed by atoms with E-state index in [-0.39, 0.29) is 23.7 Å². The molecule has 2 aromatic carbocycles. The lowest BCUT2D eigenvalue weighted by molar-refractivity contribution is -0.118. The first-order valence-electron chi connectivity index (χ1n) is 9.16. The summed E-state index contributed by atoms with van der Waals surface area (Å²) >= 11 is 5.89. The number of rotatable bonds is 6. The molecule has 0 unspecified atom stereocenters. The van der Waals surface area contributed by atoms with Crippen molar-refractivity contribution in [3.8, 4) is 17.5 Å². The molecule has 1 heterocycles. The molecule has 0 atom stereocenters. The number of carbonyl (C=O) groups excluding carboxylic acids is 2. The molecule has 0 aliphatic carbocycles. The van der Waals surface area contributed by atoms with Crippen LogP contribution in [0, 0.1) is 6.92 Å². The lowest BCUT2D eigenvalue weighted by Crippen LogP contribution is -2.03. The second kappa shape index (κ2) is 8.96. The van der Waals surface area contributed by atoms with Crippen LogP contribution in [-0.4, -0.2) is 33.2 Å². The van der Waals surface area contributed by atoms with Crippen LogP contribution in [0.4, 0.5) is 0 Å². The number of hydrogen-bond donors (Lipinski definition) is 2. The molecule has 2 N–H and O–H groups in total. The predicted octanol–water partition coefficient (Wildman–Crippen LogP) is 4.53. The Labute approximate surface area is 177 Å². The molecular formula is C21H20ClN3O5. The van der Waals surface area contributed by atoms with Gasteiger partial charge in [-0.3, -0.25) is 14.2 Å². The highest BCUT2D eigenvalue weighted by Gasteiger charge is 2.15. The summed E-state index contributed by atoms with van der Waals surface area (Å²) in [6, 6.07) is 9.59. The van der Waals surface area contributed by atoms with Crippen molar-refractivity contribution in [3.05, 3.63) is 52.5 Å². The molecular weight excluding hydrogens is 410 g/mol. The van der Waals surface area contributed by atoms with Gasteiger partial charge >= 0.3 is 0 Å². The Hall–Kier alpha value is -3.39. The molecule has 9 heteroatoms. The summed E-state index contributed by atoms with van der Waals surface area (Å²) in [7, 11) is 1.49. The quantitative estimate of drug-likeness (QED) is 0.441. The third-order valence-electron chi connectivity index (χ3n) is 4.57. The molecule has 156 valence electrons. The number of hydrogen-bond acceptors (Lipinski definition) is 5. The average molecular weight is 430 g/mol. The highest BCUT2D eigenvalue weighted by molar-refractivity contribution is 6.30. The Balaban J connectivity index is 1.53. The molecule has 0 aliphatic heterocycles. The van der Waals surface area contributed by atoms with Gasteiger partial charge in [0.25, 0.3) is 11.8 Å². The maximum atomic E-state index is 12.2. The van der Waals surface area contributed by atoms with E-state index in [0.717, 1.165) is 5.56 Å². The van der Waals surface area contributed by atoms with E-state index in [2.05, 4.69) is 10.2 Å². The highest BCUT2D eigenvalue weighted by Crippen LogP contribution is 2.35. The smallest absolute Gasteiger partial charge is 0.295 e. The second-order valence-corrected chi connectivity index (χ2v) is 7.16. The zero-order valence-electron chi connectivity index (χ0n) is 16.4. The molecule has 0 fully saturated rings. The summed E-state index contributed by atoms with van der Waals surface area (Å²) < 4.78 is 6.80. The lowest BCUT2D eigenvalue weighted by atomic mass is 10.1. The highest BCUT2D eigenvalue weighted by atomic mass is 35.5. The molecule has 0 saturated heterocycles. The number of aromatic hydroxyl groups is 2. The summed E-state index contributed by atoms with van der Waals surface area (Å²) in [5.41, 5.74) is 1.04. The van der Waals surface area contributed by atoms with Crippen LogP contribution in [0.2, 0.25) is 5.02 Å². The Morgan fingerprint density at radius 3 is 2.53 bits per heavy atom. The van der Waals surface area contributed by atoms with Crippen LogP contribution in [0.25, 0.3) is 10.8 Å². The SMILES string of the molecule is Cc1cc(Cl)ccc1OCCCC(=O)N=NC(=O)c1ccc2c(O)n(C)c(O)c2c1. The lowest BCUT2D eigenvalue weighted by Gasteiger charge is -2.08. The average Bonchev–Trinajstić information content (AvgIpc) is 2.94. The number of halogens is 1. The van der Waals surface area contributed by atoms with Crippen molar-refractivity contribution in [1.29, 1.82) is 0 Å². The van der Waals surface area contributed by atoms with Gasteiger partial charge in [0.2, 0.25) is 11.8 Å². The maximum Gasteiger partial charge on any atom is 0.295 e. The zero-order valence-corrected chi connectivity index (χ0v) is 17.2. The van der Waals surface area contributed by atoms with Gasteiger partial charge in [0.1, 0.15) is 5.75 Å². The predicted molar refractivity (Wildman–Crippen MR) is 111 cm³/mol. The maximum absolute atomic E-state index is 12.2. The number of aromatic nitrogens is 1. The fourth-order valence-electron chi connectivity index (χ4n) is 2.91. The van der Waals surface area contributed by atoms with Crippen LogP contribution in [0.5, 0.6) is 17.5 Å². The fraction of sp³-hybridized carbons (Fsp3) is 0.238. The van der Waals surface area contributed by atoms with Crippen molar-refractivity contribution in [2.45, 2.75) is 19.8 Å². The van der Waals surface area contributed by atoms with E-state index in [1.807, 2.05) is 6.92 Å². The van der Waals surface area contributed by atoms with Crippen molar-refractivity contribution in [2.75, 3.05) is 6.61 Å². The molecule has 0 bridgehead atoms. The van der Waals surface area contributed by atoms with E-state index < -0.39 is 11.8 Å². The summed E-state index contributed by atoms with van der Waals surface area (Å²) in [6.45, 7) is 2.19. The molecule has 3 rings (SSSR count). The first-order chi connectivity index (χ1) is 14.3. The van der Waals surface area contributed by atoms with E-state index in [1.54, 1.807) is 18.2 Å². The zero-order chi connectivity index (χ0) is 21.8. The van der Waals surface area contributed by atoms with Crippen LogP contribution < -0.4 is 4.74 Å². The van der Waals surface area contributed by atoms with Crippen molar-refractivity contribution in [2.24, 2.45) is 17.3 Å². The minimum absolute atomic E-state index is 0.0792. The number of ether oxygens (including phenoxy) is 1. The number of amides is 2. The Morgan fingerprint density at radius 2 is 1.80 bits per heavy atom. The van der Waals surface area contributed by atoms with Gasteiger partial charge in [0, 0.05) is 34.8 Å². The second-order valence-electron chi connectivity index (χ2n) is 6.73. The molecule has 0 aliphatic rings. The molecule has 3 aromatic rings. The number of carbonyl (C=O) groups is 2. The van der Waals surface area contributed by atoms with Gasteiger partial charge in [-0.15, -0.1) is 10.2 Å². The van der Waals surface area contributed by atoms with Crippen molar-refractivity contribution < 1.29 is 24.5 Å². The third kappa shape index (κ3) is 4.60. The first-order valence-corrected chi connectivity index (χ1v) is 9.54. The van der Waals surface area contributed by atoms with E-state index in [1.165, 1.54) is 29.8 Å². The van der Waals surface area contributed by atoms with Gasteiger partial charge < -0.3 is 14.9 Å². The Bertz CT molecular complexity index is 1150. The van der Waals surface area contributed by atoms with Gasteiger partial charge in [-0.2, -0.15) is 0 Å².